The minimum absolute atomic E-state index is 0.0251. The van der Waals surface area contributed by atoms with E-state index >= 15 is 0 Å². The molecule has 2 aromatic heterocycles. The van der Waals surface area contributed by atoms with Crippen LogP contribution in [0.2, 0.25) is 0 Å². The number of phenols is 1. The molecule has 6 N–H and O–H groups in total. The molecule has 6 aromatic carbocycles. The summed E-state index contributed by atoms with van der Waals surface area (Å²) in [6, 6.07) is 32.2. The number of nitrogens with one attached hydrogen (secondary N) is 1. The van der Waals surface area contributed by atoms with Gasteiger partial charge >= 0.3 is 11.9 Å². The van der Waals surface area contributed by atoms with E-state index in [-0.39, 0.29) is 89.8 Å². The molecule has 0 aliphatic carbocycles. The first-order chi connectivity index (χ1) is 42.8. The topological polar surface area (TPSA) is 316 Å². The first kappa shape index (κ1) is 72.1. The van der Waals surface area contributed by atoms with Crippen LogP contribution in [0, 0.1) is 0 Å². The number of benzene rings is 6. The summed E-state index contributed by atoms with van der Waals surface area (Å²) in [6.07, 6.45) is 3.50. The number of fused-ring (bicyclic) bond motifs is 3. The number of hydrogen-bond acceptors (Lipinski definition) is 19. The average molecular weight is 1280 g/mol. The highest BCUT2D eigenvalue weighted by molar-refractivity contribution is 6.31. The van der Waals surface area contributed by atoms with Crippen molar-refractivity contribution in [3.63, 3.8) is 0 Å². The fraction of sp³-hybridized carbons (Fsp3) is 0.246. The monoisotopic (exact) mass is 1280 g/mol. The number of esters is 2. The lowest BCUT2D eigenvalue weighted by atomic mass is 10.1. The number of amides is 2. The van der Waals surface area contributed by atoms with Gasteiger partial charge < -0.3 is 59.9 Å². The normalized spacial score (nSPS) is 10.7. The SMILES string of the molecule is COC(=O)Cc1cn(C(C)=O)c2cc(O)ccc12.COC(=O)Cc1cn(C(C)=O)c2cc(OC)ccc12.COc1ccc(C(=O)CCl)c(N)c1.COc1ccc(C(=O)CCl)c(NC(C)=O)c1.COc1ccc2c(c1)N(C(C)=O)CC2=O.COc1cccc(N)c1. The minimum Gasteiger partial charge on any atom is -0.508 e. The predicted molar refractivity (Wildman–Crippen MR) is 344 cm³/mol. The van der Waals surface area contributed by atoms with Crippen molar-refractivity contribution in [2.24, 2.45) is 0 Å². The van der Waals surface area contributed by atoms with E-state index < -0.39 is 0 Å². The van der Waals surface area contributed by atoms with Crippen LogP contribution < -0.4 is 45.4 Å². The Bertz CT molecular complexity index is 3910. The van der Waals surface area contributed by atoms with Gasteiger partial charge in [-0.1, -0.05) is 6.07 Å². The quantitative estimate of drug-likeness (QED) is 0.0340. The second-order valence-electron chi connectivity index (χ2n) is 19.0. The number of alkyl halides is 2. The van der Waals surface area contributed by atoms with E-state index in [9.17, 15) is 48.3 Å². The van der Waals surface area contributed by atoms with Crippen LogP contribution in [0.15, 0.2) is 128 Å². The molecule has 3 heterocycles. The van der Waals surface area contributed by atoms with Crippen molar-refractivity contribution in [3.8, 4) is 34.5 Å². The Labute approximate surface area is 529 Å². The number of Topliss-reactive ketones (excluding diaryl/α,β-unsaturated/α-hetero) is 3. The van der Waals surface area contributed by atoms with Gasteiger partial charge in [0.25, 0.3) is 0 Å². The number of aromatic nitrogens is 2. The molecule has 0 saturated heterocycles. The molecule has 0 unspecified atom stereocenters. The number of hydrogen-bond donors (Lipinski definition) is 4. The maximum atomic E-state index is 11.6. The van der Waals surface area contributed by atoms with E-state index in [0.29, 0.717) is 67.8 Å². The van der Waals surface area contributed by atoms with Gasteiger partial charge in [0, 0.05) is 115 Å². The van der Waals surface area contributed by atoms with Crippen molar-refractivity contribution in [1.29, 1.82) is 0 Å². The molecule has 1 aliphatic rings. The first-order valence-electron chi connectivity index (χ1n) is 26.9. The molecule has 25 heteroatoms. The molecular weight excluding hydrogens is 1210 g/mol. The zero-order valence-corrected chi connectivity index (χ0v) is 52.9. The van der Waals surface area contributed by atoms with E-state index in [4.69, 9.17) is 58.4 Å². The fourth-order valence-corrected chi connectivity index (χ4v) is 8.82. The van der Waals surface area contributed by atoms with Gasteiger partial charge in [0.05, 0.1) is 103 Å². The van der Waals surface area contributed by atoms with Gasteiger partial charge in [0.15, 0.2) is 17.3 Å². The number of halogens is 2. The van der Waals surface area contributed by atoms with Crippen LogP contribution in [0.5, 0.6) is 34.5 Å². The van der Waals surface area contributed by atoms with Crippen LogP contribution in [0.3, 0.4) is 0 Å². The fourth-order valence-electron chi connectivity index (χ4n) is 8.53. The summed E-state index contributed by atoms with van der Waals surface area (Å²) in [7, 11) is 10.4. The number of carbonyl (C=O) groups is 9. The molecule has 8 aromatic rings. The number of carbonyl (C=O) groups excluding carboxylic acids is 9. The highest BCUT2D eigenvalue weighted by atomic mass is 35.5. The molecule has 0 saturated carbocycles. The number of nitrogens with two attached hydrogens (primary N) is 2. The number of rotatable bonds is 14. The van der Waals surface area contributed by atoms with Gasteiger partial charge in [-0.3, -0.25) is 52.3 Å². The van der Waals surface area contributed by atoms with E-state index in [1.54, 1.807) is 113 Å². The lowest BCUT2D eigenvalue weighted by molar-refractivity contribution is -0.140. The number of phenolic OH excluding ortho intramolecular Hbond substituents is 1. The average Bonchev–Trinajstić information content (AvgIpc) is 1.71. The molecule has 1 aliphatic heterocycles. The van der Waals surface area contributed by atoms with Crippen LogP contribution in [0.25, 0.3) is 21.8 Å². The highest BCUT2D eigenvalue weighted by Gasteiger charge is 2.29. The lowest BCUT2D eigenvalue weighted by Crippen LogP contribution is -2.27. The van der Waals surface area contributed by atoms with Gasteiger partial charge in [-0.25, -0.2) is 0 Å². The molecule has 476 valence electrons. The van der Waals surface area contributed by atoms with Gasteiger partial charge in [-0.2, -0.15) is 0 Å². The molecule has 0 fully saturated rings. The number of ketones is 3. The Balaban J connectivity index is 0.000000233. The van der Waals surface area contributed by atoms with Crippen molar-refractivity contribution < 1.29 is 81.4 Å². The molecule has 23 nitrogen and oxygen atoms in total. The van der Waals surface area contributed by atoms with E-state index in [1.165, 1.54) is 82.3 Å². The number of aromatic hydroxyl groups is 1. The van der Waals surface area contributed by atoms with Crippen LogP contribution in [0.4, 0.5) is 22.7 Å². The summed E-state index contributed by atoms with van der Waals surface area (Å²) in [5.74, 6) is 1.37. The molecular formula is C65H70Cl2N6O17. The second kappa shape index (κ2) is 34.8. The summed E-state index contributed by atoms with van der Waals surface area (Å²) < 4.78 is 37.3. The van der Waals surface area contributed by atoms with Crippen LogP contribution in [-0.2, 0) is 41.5 Å². The number of methoxy groups -OCH3 is 7. The van der Waals surface area contributed by atoms with E-state index in [0.717, 1.165) is 33.3 Å². The van der Waals surface area contributed by atoms with Crippen molar-refractivity contribution in [2.75, 3.05) is 89.8 Å². The summed E-state index contributed by atoms with van der Waals surface area (Å²) in [5, 5.41) is 13.6. The standard InChI is InChI=1S/C14H15NO4.C13H13NO4.C11H12ClNO3.C11H11NO3.C9H10ClNO2.C7H9NO/c1-9(16)15-8-10(6-14(17)19-3)12-5-4-11(18-2)7-13(12)15;1-8(15)14-7-9(5-13(17)18-2)11-4-3-10(16)6-12(11)14;1-7(14)13-10-5-8(16-2)3-4-9(10)11(15)6-12;1-7(13)12-6-11(14)9-4-3-8(15-2)5-10(9)12;1-13-6-2-3-7(8(11)4-6)9(12)5-10;1-9-7-4-2-3-6(8)5-7/h4-5,7-8H,6H2,1-3H3;3-4,6-7,16H,5H2,1-2H3;3-5H,6H2,1-2H3,(H,13,14);3-5H,6H2,1-2H3;2-4H,5,11H2,1H3;2-5H,8H2,1H3. The van der Waals surface area contributed by atoms with Crippen LogP contribution in [-0.4, -0.2) is 135 Å². The Morgan fingerprint density at radius 3 is 1.46 bits per heavy atom. The van der Waals surface area contributed by atoms with Crippen molar-refractivity contribution >= 4 is 121 Å². The number of nitrogen functional groups attached to an aromatic ring is 2. The second-order valence-corrected chi connectivity index (χ2v) is 19.6. The van der Waals surface area contributed by atoms with E-state index in [2.05, 4.69) is 14.8 Å². The van der Waals surface area contributed by atoms with Gasteiger partial charge in [0.2, 0.25) is 23.6 Å². The van der Waals surface area contributed by atoms with Crippen LogP contribution >= 0.6 is 23.2 Å². The minimum atomic E-state index is -0.370. The third-order valence-electron chi connectivity index (χ3n) is 13.0. The smallest absolute Gasteiger partial charge is 0.310 e. The number of anilines is 4. The van der Waals surface area contributed by atoms with Gasteiger partial charge in [-0.05, 0) is 83.9 Å². The molecule has 0 atom stereocenters. The molecule has 90 heavy (non-hydrogen) atoms. The molecule has 0 radical (unpaired) electrons. The Morgan fingerprint density at radius 1 is 0.533 bits per heavy atom. The van der Waals surface area contributed by atoms with E-state index in [1.807, 2.05) is 24.3 Å². The maximum Gasteiger partial charge on any atom is 0.310 e. The summed E-state index contributed by atoms with van der Waals surface area (Å²) in [6.45, 7) is 5.85. The summed E-state index contributed by atoms with van der Waals surface area (Å²) >= 11 is 10.9. The number of ether oxygens (including phenoxy) is 7. The maximum absolute atomic E-state index is 11.6. The molecule has 0 spiro atoms. The molecule has 0 bridgehead atoms. The van der Waals surface area contributed by atoms with Gasteiger partial charge in [-0.15, -0.1) is 23.2 Å². The predicted octanol–water partition coefficient (Wildman–Crippen LogP) is 10.0. The van der Waals surface area contributed by atoms with Crippen molar-refractivity contribution in [3.05, 3.63) is 155 Å². The summed E-state index contributed by atoms with van der Waals surface area (Å²) in [5.41, 5.74) is 17.4. The van der Waals surface area contributed by atoms with Crippen LogP contribution in [0.1, 0.15) is 79.5 Å². The van der Waals surface area contributed by atoms with Crippen molar-refractivity contribution in [1.82, 2.24) is 9.13 Å². The summed E-state index contributed by atoms with van der Waals surface area (Å²) in [4.78, 5) is 104. The van der Waals surface area contributed by atoms with Gasteiger partial charge in [0.1, 0.15) is 34.5 Å². The zero-order valence-electron chi connectivity index (χ0n) is 51.4. The third kappa shape index (κ3) is 20.1. The third-order valence-corrected chi connectivity index (χ3v) is 13.5. The largest absolute Gasteiger partial charge is 0.508 e. The molecule has 9 rings (SSSR count). The Kier molecular flexibility index (Phi) is 27.9. The first-order valence-corrected chi connectivity index (χ1v) is 28.0. The lowest BCUT2D eigenvalue weighted by Gasteiger charge is -2.13. The van der Waals surface area contributed by atoms with Crippen molar-refractivity contribution in [2.45, 2.75) is 40.5 Å². The number of nitrogens with zero attached hydrogens (tertiary/aromatic N) is 3. The molecule has 2 amide bonds. The Morgan fingerprint density at radius 2 is 0.989 bits per heavy atom. The highest BCUT2D eigenvalue weighted by Crippen LogP contribution is 2.32. The zero-order chi connectivity index (χ0) is 66.9. The Hall–Kier alpha value is -10.4.